The fraction of sp³-hybridized carbons (Fsp3) is 0.222. The van der Waals surface area contributed by atoms with Crippen LogP contribution in [0.2, 0.25) is 0 Å². The average Bonchev–Trinajstić information content (AvgIpc) is 2.57. The molecule has 1 amide bonds. The Hall–Kier alpha value is -1.82. The van der Waals surface area contributed by atoms with Crippen molar-refractivity contribution < 1.29 is 14.7 Å². The monoisotopic (exact) mass is 241 g/mol. The Morgan fingerprint density at radius 1 is 1.62 bits per heavy atom. The summed E-state index contributed by atoms with van der Waals surface area (Å²) in [4.78, 5) is 24.4. The number of aliphatic carboxylic acids is 1. The average molecular weight is 242 g/mol. The van der Waals surface area contributed by atoms with Gasteiger partial charge in [-0.2, -0.15) is 0 Å². The van der Waals surface area contributed by atoms with Gasteiger partial charge in [-0.15, -0.1) is 0 Å². The van der Waals surface area contributed by atoms with Gasteiger partial charge >= 0.3 is 5.97 Å². The lowest BCUT2D eigenvalue weighted by atomic mass is 10.2. The van der Waals surface area contributed by atoms with E-state index in [1.54, 1.807) is 18.2 Å². The lowest BCUT2D eigenvalue weighted by Crippen LogP contribution is -2.50. The Labute approximate surface area is 95.8 Å². The number of alkyl halides is 1. The molecule has 16 heavy (non-hydrogen) atoms. The minimum Gasteiger partial charge on any atom is -0.479 e. The number of anilines is 1. The highest BCUT2D eigenvalue weighted by atomic mass is 35.5. The van der Waals surface area contributed by atoms with Crippen LogP contribution in [0.25, 0.3) is 0 Å². The van der Waals surface area contributed by atoms with Crippen LogP contribution in [0.4, 0.5) is 5.82 Å². The van der Waals surface area contributed by atoms with Crippen molar-refractivity contribution in [3.05, 3.63) is 24.4 Å². The fourth-order valence-electron chi connectivity index (χ4n) is 1.44. The predicted molar refractivity (Wildman–Crippen MR) is 55.7 cm³/mol. The van der Waals surface area contributed by atoms with Crippen LogP contribution >= 0.6 is 11.6 Å². The van der Waals surface area contributed by atoms with Crippen molar-refractivity contribution in [2.24, 2.45) is 0 Å². The second-order valence-electron chi connectivity index (χ2n) is 3.30. The van der Waals surface area contributed by atoms with E-state index in [0.717, 1.165) is 5.01 Å². The molecule has 84 valence electrons. The van der Waals surface area contributed by atoms with Crippen LogP contribution in [-0.4, -0.2) is 27.0 Å². The number of hydrogen-bond donors (Lipinski definition) is 2. The van der Waals surface area contributed by atoms with E-state index in [-0.39, 0.29) is 12.2 Å². The molecule has 0 saturated carbocycles. The Balaban J connectivity index is 2.40. The molecule has 1 aromatic rings. The van der Waals surface area contributed by atoms with E-state index in [1.165, 1.54) is 6.20 Å². The van der Waals surface area contributed by atoms with Crippen molar-refractivity contribution in [1.29, 1.82) is 0 Å². The second kappa shape index (κ2) is 3.64. The highest BCUT2D eigenvalue weighted by molar-refractivity contribution is 6.37. The van der Waals surface area contributed by atoms with Gasteiger partial charge in [0.25, 0.3) is 0 Å². The van der Waals surface area contributed by atoms with Gasteiger partial charge in [-0.05, 0) is 12.1 Å². The van der Waals surface area contributed by atoms with Gasteiger partial charge in [0.1, 0.15) is 5.82 Å². The van der Waals surface area contributed by atoms with Gasteiger partial charge < -0.3 is 5.11 Å². The number of carbonyl (C=O) groups excluding carboxylic acids is 1. The first-order chi connectivity index (χ1) is 7.54. The lowest BCUT2D eigenvalue weighted by Gasteiger charge is -2.27. The van der Waals surface area contributed by atoms with Crippen LogP contribution in [0.5, 0.6) is 0 Å². The minimum absolute atomic E-state index is 0.283. The largest absolute Gasteiger partial charge is 0.479 e. The summed E-state index contributed by atoms with van der Waals surface area (Å²) < 4.78 is 0. The molecule has 0 aliphatic carbocycles. The molecule has 1 aliphatic heterocycles. The summed E-state index contributed by atoms with van der Waals surface area (Å²) in [6, 6.07) is 4.91. The van der Waals surface area contributed by atoms with Crippen molar-refractivity contribution in [2.75, 3.05) is 5.01 Å². The number of carbonyl (C=O) groups is 2. The summed E-state index contributed by atoms with van der Waals surface area (Å²) in [7, 11) is 0. The SMILES string of the molecule is O=C1CC(Cl)(C(=O)O)N(c2ccccn2)N1. The molecule has 2 heterocycles. The zero-order chi connectivity index (χ0) is 11.8. The number of nitrogens with zero attached hydrogens (tertiary/aromatic N) is 2. The standard InChI is InChI=1S/C9H8ClN3O3/c10-9(8(15)16)5-7(14)12-13(9)6-3-1-2-4-11-6/h1-4H,5H2,(H,12,14)(H,15,16). The summed E-state index contributed by atoms with van der Waals surface area (Å²) in [6.45, 7) is 0. The van der Waals surface area contributed by atoms with Gasteiger partial charge in [0.2, 0.25) is 10.9 Å². The zero-order valence-electron chi connectivity index (χ0n) is 8.05. The smallest absolute Gasteiger partial charge is 0.347 e. The first kappa shape index (κ1) is 10.7. The third-order valence-electron chi connectivity index (χ3n) is 2.19. The zero-order valence-corrected chi connectivity index (χ0v) is 8.81. The second-order valence-corrected chi connectivity index (χ2v) is 3.92. The molecule has 0 spiro atoms. The number of halogens is 1. The normalized spacial score (nSPS) is 24.3. The Morgan fingerprint density at radius 3 is 2.94 bits per heavy atom. The van der Waals surface area contributed by atoms with Gasteiger partial charge in [0.05, 0.1) is 6.42 Å². The molecule has 1 aliphatic rings. The summed E-state index contributed by atoms with van der Waals surface area (Å²) in [5.74, 6) is -1.47. The summed E-state index contributed by atoms with van der Waals surface area (Å²) >= 11 is 5.90. The van der Waals surface area contributed by atoms with Crippen LogP contribution in [0.3, 0.4) is 0 Å². The van der Waals surface area contributed by atoms with E-state index in [4.69, 9.17) is 16.7 Å². The third-order valence-corrected chi connectivity index (χ3v) is 2.66. The predicted octanol–water partition coefficient (Wildman–Crippen LogP) is 0.343. The number of rotatable bonds is 2. The number of amides is 1. The van der Waals surface area contributed by atoms with E-state index in [1.807, 2.05) is 0 Å². The molecule has 1 aromatic heterocycles. The van der Waals surface area contributed by atoms with Crippen LogP contribution < -0.4 is 10.4 Å². The van der Waals surface area contributed by atoms with Crippen molar-refractivity contribution in [1.82, 2.24) is 10.4 Å². The van der Waals surface area contributed by atoms with Gasteiger partial charge in [-0.1, -0.05) is 17.7 Å². The van der Waals surface area contributed by atoms with Crippen molar-refractivity contribution >= 4 is 29.3 Å². The van der Waals surface area contributed by atoms with Crippen molar-refractivity contribution in [3.63, 3.8) is 0 Å². The maximum atomic E-state index is 11.2. The number of aromatic nitrogens is 1. The van der Waals surface area contributed by atoms with Crippen molar-refractivity contribution in [3.8, 4) is 0 Å². The highest BCUT2D eigenvalue weighted by Crippen LogP contribution is 2.32. The maximum Gasteiger partial charge on any atom is 0.347 e. The molecule has 1 unspecified atom stereocenters. The van der Waals surface area contributed by atoms with E-state index in [9.17, 15) is 9.59 Å². The molecular weight excluding hydrogens is 234 g/mol. The maximum absolute atomic E-state index is 11.2. The number of carboxylic acids is 1. The number of hydrogen-bond acceptors (Lipinski definition) is 4. The van der Waals surface area contributed by atoms with Crippen LogP contribution in [0, 0.1) is 0 Å². The summed E-state index contributed by atoms with van der Waals surface area (Å²) in [5.41, 5.74) is 2.36. The van der Waals surface area contributed by atoms with Gasteiger partial charge in [-0.3, -0.25) is 10.2 Å². The lowest BCUT2D eigenvalue weighted by molar-refractivity contribution is -0.140. The Morgan fingerprint density at radius 2 is 2.38 bits per heavy atom. The van der Waals surface area contributed by atoms with Gasteiger partial charge in [0, 0.05) is 6.20 Å². The van der Waals surface area contributed by atoms with Gasteiger partial charge in [-0.25, -0.2) is 14.8 Å². The van der Waals surface area contributed by atoms with E-state index in [0.29, 0.717) is 0 Å². The molecule has 1 atom stereocenters. The number of hydrazine groups is 1. The number of nitrogens with one attached hydrogen (secondary N) is 1. The quantitative estimate of drug-likeness (QED) is 0.576. The molecule has 7 heteroatoms. The fourth-order valence-corrected chi connectivity index (χ4v) is 1.69. The molecular formula is C9H8ClN3O3. The van der Waals surface area contributed by atoms with E-state index < -0.39 is 16.9 Å². The summed E-state index contributed by atoms with van der Waals surface area (Å²) in [6.07, 6.45) is 1.17. The Kier molecular flexibility index (Phi) is 2.43. The molecule has 2 N–H and O–H groups in total. The molecule has 6 nitrogen and oxygen atoms in total. The number of carboxylic acid groups (broad SMARTS) is 1. The molecule has 0 radical (unpaired) electrons. The van der Waals surface area contributed by atoms with Crippen LogP contribution in [0.15, 0.2) is 24.4 Å². The Bertz CT molecular complexity index is 439. The first-order valence-corrected chi connectivity index (χ1v) is 4.85. The molecule has 0 bridgehead atoms. The topological polar surface area (TPSA) is 82.5 Å². The first-order valence-electron chi connectivity index (χ1n) is 4.47. The molecule has 1 saturated heterocycles. The molecule has 1 fully saturated rings. The highest BCUT2D eigenvalue weighted by Gasteiger charge is 2.51. The third kappa shape index (κ3) is 1.57. The van der Waals surface area contributed by atoms with Crippen LogP contribution in [-0.2, 0) is 9.59 Å². The van der Waals surface area contributed by atoms with Gasteiger partial charge in [0.15, 0.2) is 0 Å². The molecule has 0 aromatic carbocycles. The van der Waals surface area contributed by atoms with E-state index >= 15 is 0 Å². The molecule has 2 rings (SSSR count). The van der Waals surface area contributed by atoms with Crippen LogP contribution in [0.1, 0.15) is 6.42 Å². The van der Waals surface area contributed by atoms with E-state index in [2.05, 4.69) is 10.4 Å². The number of pyridine rings is 1. The summed E-state index contributed by atoms with van der Waals surface area (Å²) in [5, 5.41) is 10.1. The van der Waals surface area contributed by atoms with Crippen molar-refractivity contribution in [2.45, 2.75) is 11.4 Å². The minimum atomic E-state index is -1.81.